The van der Waals surface area contributed by atoms with Crippen LogP contribution < -0.4 is 11.0 Å². The first-order valence-electron chi connectivity index (χ1n) is 11.8. The van der Waals surface area contributed by atoms with E-state index in [9.17, 15) is 14.4 Å². The molecular formula is C25H25N7O3. The quantitative estimate of drug-likeness (QED) is 0.458. The molecule has 0 bridgehead atoms. The minimum absolute atomic E-state index is 0.0218. The fourth-order valence-electron chi connectivity index (χ4n) is 4.73. The highest BCUT2D eigenvalue weighted by Gasteiger charge is 2.23. The van der Waals surface area contributed by atoms with Crippen LogP contribution in [-0.4, -0.2) is 59.9 Å². The normalized spacial score (nSPS) is 17.1. The van der Waals surface area contributed by atoms with Gasteiger partial charge in [0.2, 0.25) is 5.91 Å². The summed E-state index contributed by atoms with van der Waals surface area (Å²) < 4.78 is 3.54. The molecule has 178 valence electrons. The number of pyridine rings is 1. The van der Waals surface area contributed by atoms with E-state index in [1.54, 1.807) is 23.4 Å². The molecule has 1 fully saturated rings. The van der Waals surface area contributed by atoms with Crippen LogP contribution in [0, 0.1) is 0 Å². The van der Waals surface area contributed by atoms with E-state index in [2.05, 4.69) is 24.8 Å². The van der Waals surface area contributed by atoms with Gasteiger partial charge in [-0.15, -0.1) is 0 Å². The summed E-state index contributed by atoms with van der Waals surface area (Å²) in [5, 5.41) is 3.13. The second kappa shape index (κ2) is 8.53. The predicted molar refractivity (Wildman–Crippen MR) is 129 cm³/mol. The second-order valence-electron chi connectivity index (χ2n) is 9.12. The Morgan fingerprint density at radius 2 is 2.00 bits per heavy atom. The monoisotopic (exact) mass is 471 g/mol. The highest BCUT2D eigenvalue weighted by molar-refractivity contribution is 5.96. The molecule has 4 aromatic rings. The highest BCUT2D eigenvalue weighted by Crippen LogP contribution is 2.23. The Balaban J connectivity index is 1.24. The molecule has 6 rings (SSSR count). The summed E-state index contributed by atoms with van der Waals surface area (Å²) in [6, 6.07) is 9.21. The fraction of sp³-hybridized carbons (Fsp3) is 0.320. The standard InChI is InChI=1S/C25H25N7O3/c33-22(31-7-2-8-31)15-32-20-12-18(14-27-23(20)29-25(32)35)16-3-1-4-17(11-16)24(34)28-19-5-9-30-10-6-26-21(30)13-19/h1,3-4,6,10-12,14,19H,2,5,7-9,13,15H2,(H,28,34)(H,27,29,35). The maximum Gasteiger partial charge on any atom is 0.328 e. The van der Waals surface area contributed by atoms with Gasteiger partial charge in [0.25, 0.3) is 5.91 Å². The Morgan fingerprint density at radius 1 is 1.11 bits per heavy atom. The summed E-state index contributed by atoms with van der Waals surface area (Å²) in [7, 11) is 0. The number of amides is 2. The Bertz CT molecular complexity index is 1490. The van der Waals surface area contributed by atoms with Crippen LogP contribution in [0.1, 0.15) is 29.0 Å². The van der Waals surface area contributed by atoms with E-state index < -0.39 is 0 Å². The number of carbonyl (C=O) groups excluding carboxylic acids is 2. The van der Waals surface area contributed by atoms with E-state index in [1.165, 1.54) is 4.57 Å². The lowest BCUT2D eigenvalue weighted by molar-refractivity contribution is -0.135. The molecule has 1 unspecified atom stereocenters. The number of H-pyrrole nitrogens is 1. The van der Waals surface area contributed by atoms with Gasteiger partial charge < -0.3 is 14.8 Å². The number of hydrogen-bond donors (Lipinski definition) is 2. The Hall–Kier alpha value is -4.21. The van der Waals surface area contributed by atoms with E-state index in [1.807, 2.05) is 30.5 Å². The average molecular weight is 472 g/mol. The molecule has 1 saturated heterocycles. The molecule has 2 aliphatic heterocycles. The number of aromatic amines is 1. The second-order valence-corrected chi connectivity index (χ2v) is 9.12. The van der Waals surface area contributed by atoms with Crippen LogP contribution in [-0.2, 0) is 24.3 Å². The first-order chi connectivity index (χ1) is 17.0. The number of nitrogens with one attached hydrogen (secondary N) is 2. The van der Waals surface area contributed by atoms with Gasteiger partial charge in [0.1, 0.15) is 12.4 Å². The minimum Gasteiger partial charge on any atom is -0.349 e. The van der Waals surface area contributed by atoms with Crippen molar-refractivity contribution in [3.8, 4) is 11.1 Å². The Kier molecular flexibility index (Phi) is 5.20. The molecule has 3 aromatic heterocycles. The van der Waals surface area contributed by atoms with Crippen molar-refractivity contribution in [2.75, 3.05) is 13.1 Å². The van der Waals surface area contributed by atoms with Gasteiger partial charge in [-0.3, -0.25) is 19.1 Å². The van der Waals surface area contributed by atoms with Crippen LogP contribution in [0.4, 0.5) is 0 Å². The number of hydrogen-bond acceptors (Lipinski definition) is 5. The van der Waals surface area contributed by atoms with Gasteiger partial charge in [0, 0.05) is 61.8 Å². The third-order valence-electron chi connectivity index (χ3n) is 6.87. The topological polar surface area (TPSA) is 118 Å². The van der Waals surface area contributed by atoms with Gasteiger partial charge in [0.05, 0.1) is 5.52 Å². The van der Waals surface area contributed by atoms with Crippen molar-refractivity contribution in [2.24, 2.45) is 0 Å². The third-order valence-corrected chi connectivity index (χ3v) is 6.87. The van der Waals surface area contributed by atoms with Gasteiger partial charge in [0.15, 0.2) is 5.65 Å². The number of aryl methyl sites for hydroxylation is 1. The number of rotatable bonds is 5. The fourth-order valence-corrected chi connectivity index (χ4v) is 4.73. The minimum atomic E-state index is -0.361. The first kappa shape index (κ1) is 21.3. The van der Waals surface area contributed by atoms with Crippen LogP contribution in [0.3, 0.4) is 0 Å². The molecule has 0 spiro atoms. The van der Waals surface area contributed by atoms with Crippen molar-refractivity contribution >= 4 is 23.0 Å². The van der Waals surface area contributed by atoms with E-state index in [0.717, 1.165) is 49.4 Å². The number of carbonyl (C=O) groups is 2. The summed E-state index contributed by atoms with van der Waals surface area (Å²) in [5.74, 6) is 0.776. The lowest BCUT2D eigenvalue weighted by Crippen LogP contribution is -2.44. The zero-order valence-corrected chi connectivity index (χ0v) is 19.1. The lowest BCUT2D eigenvalue weighted by Gasteiger charge is -2.30. The van der Waals surface area contributed by atoms with Gasteiger partial charge >= 0.3 is 5.69 Å². The van der Waals surface area contributed by atoms with Crippen LogP contribution in [0.5, 0.6) is 0 Å². The molecule has 0 radical (unpaired) electrons. The summed E-state index contributed by atoms with van der Waals surface area (Å²) >= 11 is 0. The first-order valence-corrected chi connectivity index (χ1v) is 11.8. The predicted octanol–water partition coefficient (Wildman–Crippen LogP) is 1.57. The van der Waals surface area contributed by atoms with Crippen LogP contribution in [0.2, 0.25) is 0 Å². The van der Waals surface area contributed by atoms with Crippen molar-refractivity contribution < 1.29 is 9.59 Å². The summed E-state index contributed by atoms with van der Waals surface area (Å²) in [5.41, 5.74) is 2.75. The van der Waals surface area contributed by atoms with Gasteiger partial charge in [-0.1, -0.05) is 12.1 Å². The van der Waals surface area contributed by atoms with E-state index >= 15 is 0 Å². The van der Waals surface area contributed by atoms with Crippen LogP contribution in [0.15, 0.2) is 53.7 Å². The summed E-state index contributed by atoms with van der Waals surface area (Å²) in [4.78, 5) is 51.2. The van der Waals surface area contributed by atoms with Crippen molar-refractivity contribution in [1.29, 1.82) is 0 Å². The maximum atomic E-state index is 13.0. The molecule has 0 aliphatic carbocycles. The van der Waals surface area contributed by atoms with Gasteiger partial charge in [-0.25, -0.2) is 14.8 Å². The molecule has 2 N–H and O–H groups in total. The van der Waals surface area contributed by atoms with Crippen molar-refractivity contribution in [1.82, 2.24) is 34.3 Å². The number of imidazole rings is 2. The SMILES string of the molecule is O=C(NC1CCn2ccnc2C1)c1cccc(-c2cnc3[nH]c(=O)n(CC(=O)N4CCC4)c3c2)c1. The smallest absolute Gasteiger partial charge is 0.328 e. The number of likely N-dealkylation sites (tertiary alicyclic amines) is 1. The average Bonchev–Trinajstić information content (AvgIpc) is 3.41. The number of nitrogens with zero attached hydrogens (tertiary/aromatic N) is 5. The van der Waals surface area contributed by atoms with Gasteiger partial charge in [-0.2, -0.15) is 0 Å². The van der Waals surface area contributed by atoms with E-state index in [0.29, 0.717) is 23.1 Å². The van der Waals surface area contributed by atoms with Crippen molar-refractivity contribution in [3.05, 3.63) is 70.8 Å². The maximum absolute atomic E-state index is 13.0. The molecule has 2 aliphatic rings. The highest BCUT2D eigenvalue weighted by atomic mass is 16.2. The molecular weight excluding hydrogens is 446 g/mol. The van der Waals surface area contributed by atoms with Crippen molar-refractivity contribution in [3.63, 3.8) is 0 Å². The largest absolute Gasteiger partial charge is 0.349 e. The third kappa shape index (κ3) is 4.01. The van der Waals surface area contributed by atoms with E-state index in [4.69, 9.17) is 0 Å². The lowest BCUT2D eigenvalue weighted by atomic mass is 10.0. The van der Waals surface area contributed by atoms with Crippen LogP contribution in [0.25, 0.3) is 22.3 Å². The zero-order chi connectivity index (χ0) is 23.9. The number of benzene rings is 1. The molecule has 1 aromatic carbocycles. The van der Waals surface area contributed by atoms with Crippen LogP contribution >= 0.6 is 0 Å². The van der Waals surface area contributed by atoms with E-state index in [-0.39, 0.29) is 30.1 Å². The molecule has 10 nitrogen and oxygen atoms in total. The Labute approximate surface area is 200 Å². The molecule has 0 saturated carbocycles. The van der Waals surface area contributed by atoms with Crippen molar-refractivity contribution in [2.45, 2.75) is 38.4 Å². The molecule has 10 heteroatoms. The summed E-state index contributed by atoms with van der Waals surface area (Å²) in [6.07, 6.45) is 7.98. The van der Waals surface area contributed by atoms with Gasteiger partial charge in [-0.05, 0) is 36.6 Å². The zero-order valence-electron chi connectivity index (χ0n) is 19.1. The summed E-state index contributed by atoms with van der Waals surface area (Å²) in [6.45, 7) is 2.29. The molecule has 5 heterocycles. The Morgan fingerprint density at radius 3 is 2.83 bits per heavy atom. The molecule has 2 amide bonds. The number of fused-ring (bicyclic) bond motifs is 2. The molecule has 1 atom stereocenters. The molecule has 35 heavy (non-hydrogen) atoms. The number of aromatic nitrogens is 5.